The Balaban J connectivity index is 2.20. The van der Waals surface area contributed by atoms with Crippen molar-refractivity contribution >= 4 is 21.8 Å². The summed E-state index contributed by atoms with van der Waals surface area (Å²) < 4.78 is 28.2. The third-order valence-corrected chi connectivity index (χ3v) is 3.75. The van der Waals surface area contributed by atoms with E-state index < -0.39 is 21.0 Å². The SMILES string of the molecule is O=C(OS(=O)(=O)c1ccccc1)c1ccc([N+](=O)[O-])cc1. The van der Waals surface area contributed by atoms with Crippen LogP contribution in [0.3, 0.4) is 0 Å². The lowest BCUT2D eigenvalue weighted by atomic mass is 10.2. The van der Waals surface area contributed by atoms with E-state index in [2.05, 4.69) is 4.18 Å². The number of hydrogen-bond donors (Lipinski definition) is 0. The zero-order valence-corrected chi connectivity index (χ0v) is 11.3. The average Bonchev–Trinajstić information content (AvgIpc) is 2.48. The van der Waals surface area contributed by atoms with Crippen molar-refractivity contribution in [2.24, 2.45) is 0 Å². The van der Waals surface area contributed by atoms with Gasteiger partial charge in [-0.1, -0.05) is 18.2 Å². The van der Waals surface area contributed by atoms with Crippen LogP contribution in [0.25, 0.3) is 0 Å². The molecule has 0 aromatic heterocycles. The smallest absolute Gasteiger partial charge is 0.338 e. The van der Waals surface area contributed by atoms with Gasteiger partial charge >= 0.3 is 16.1 Å². The van der Waals surface area contributed by atoms with Crippen LogP contribution in [-0.2, 0) is 14.3 Å². The van der Waals surface area contributed by atoms with Gasteiger partial charge < -0.3 is 4.18 Å². The number of rotatable bonds is 4. The normalized spacial score (nSPS) is 10.9. The van der Waals surface area contributed by atoms with Gasteiger partial charge in [0.15, 0.2) is 0 Å². The first kappa shape index (κ1) is 14.7. The van der Waals surface area contributed by atoms with Gasteiger partial charge in [0.25, 0.3) is 5.69 Å². The molecule has 0 aliphatic heterocycles. The minimum absolute atomic E-state index is 0.0971. The predicted molar refractivity (Wildman–Crippen MR) is 72.1 cm³/mol. The number of nitro groups is 1. The highest BCUT2D eigenvalue weighted by atomic mass is 32.2. The summed E-state index contributed by atoms with van der Waals surface area (Å²) in [6.07, 6.45) is 0. The van der Waals surface area contributed by atoms with Crippen LogP contribution in [0.15, 0.2) is 59.5 Å². The zero-order chi connectivity index (χ0) is 15.5. The van der Waals surface area contributed by atoms with E-state index in [4.69, 9.17) is 0 Å². The Morgan fingerprint density at radius 1 is 1.00 bits per heavy atom. The van der Waals surface area contributed by atoms with Crippen molar-refractivity contribution in [3.05, 3.63) is 70.3 Å². The van der Waals surface area contributed by atoms with Crippen LogP contribution in [0, 0.1) is 10.1 Å². The first-order chi connectivity index (χ1) is 9.90. The summed E-state index contributed by atoms with van der Waals surface area (Å²) >= 11 is 0. The molecule has 0 fully saturated rings. The summed E-state index contributed by atoms with van der Waals surface area (Å²) in [4.78, 5) is 21.5. The molecule has 0 bridgehead atoms. The van der Waals surface area contributed by atoms with Gasteiger partial charge in [-0.3, -0.25) is 10.1 Å². The van der Waals surface area contributed by atoms with E-state index in [1.807, 2.05) is 0 Å². The van der Waals surface area contributed by atoms with Crippen LogP contribution in [0.4, 0.5) is 5.69 Å². The highest BCUT2D eigenvalue weighted by molar-refractivity contribution is 7.87. The molecule has 0 amide bonds. The number of nitrogens with zero attached hydrogens (tertiary/aromatic N) is 1. The molecule has 0 aliphatic rings. The first-order valence-electron chi connectivity index (χ1n) is 5.68. The number of carbonyl (C=O) groups is 1. The van der Waals surface area contributed by atoms with Crippen molar-refractivity contribution in [3.8, 4) is 0 Å². The first-order valence-corrected chi connectivity index (χ1v) is 7.09. The second-order valence-electron chi connectivity index (χ2n) is 3.94. The summed E-state index contributed by atoms with van der Waals surface area (Å²) in [6.45, 7) is 0. The topological polar surface area (TPSA) is 104 Å². The molecular formula is C13H9NO6S. The Kier molecular flexibility index (Phi) is 3.99. The largest absolute Gasteiger partial charge is 0.354 e. The number of non-ortho nitro benzene ring substituents is 1. The van der Waals surface area contributed by atoms with Crippen molar-refractivity contribution in [1.82, 2.24) is 0 Å². The average molecular weight is 307 g/mol. The van der Waals surface area contributed by atoms with Crippen molar-refractivity contribution < 1.29 is 22.3 Å². The van der Waals surface area contributed by atoms with Gasteiger partial charge in [0, 0.05) is 12.1 Å². The summed E-state index contributed by atoms with van der Waals surface area (Å²) in [5, 5.41) is 10.5. The zero-order valence-electron chi connectivity index (χ0n) is 10.5. The summed E-state index contributed by atoms with van der Waals surface area (Å²) in [5.74, 6) is -1.10. The summed E-state index contributed by atoms with van der Waals surface area (Å²) in [5.41, 5.74) is -0.308. The van der Waals surface area contributed by atoms with Crippen LogP contribution in [0.5, 0.6) is 0 Å². The van der Waals surface area contributed by atoms with E-state index >= 15 is 0 Å². The Morgan fingerprint density at radius 3 is 2.10 bits per heavy atom. The number of nitro benzene ring substituents is 1. The highest BCUT2D eigenvalue weighted by Gasteiger charge is 2.21. The second kappa shape index (κ2) is 5.71. The molecule has 0 spiro atoms. The predicted octanol–water partition coefficient (Wildman–Crippen LogP) is 2.14. The fourth-order valence-corrected chi connectivity index (χ4v) is 2.38. The van der Waals surface area contributed by atoms with Gasteiger partial charge in [0.2, 0.25) is 0 Å². The molecule has 0 atom stereocenters. The van der Waals surface area contributed by atoms with Crippen LogP contribution in [0.2, 0.25) is 0 Å². The Morgan fingerprint density at radius 2 is 1.57 bits per heavy atom. The molecule has 0 radical (unpaired) electrons. The maximum Gasteiger partial charge on any atom is 0.354 e. The highest BCUT2D eigenvalue weighted by Crippen LogP contribution is 2.16. The number of carbonyl (C=O) groups excluding carboxylic acids is 1. The van der Waals surface area contributed by atoms with Gasteiger partial charge in [-0.25, -0.2) is 4.79 Å². The molecule has 0 unspecified atom stereocenters. The molecule has 2 aromatic rings. The molecule has 21 heavy (non-hydrogen) atoms. The molecule has 0 heterocycles. The van der Waals surface area contributed by atoms with Gasteiger partial charge in [-0.05, 0) is 24.3 Å². The molecule has 0 N–H and O–H groups in total. The molecule has 8 heteroatoms. The van der Waals surface area contributed by atoms with Crippen molar-refractivity contribution in [2.45, 2.75) is 4.90 Å². The van der Waals surface area contributed by atoms with Gasteiger partial charge in [-0.2, -0.15) is 8.42 Å². The minimum Gasteiger partial charge on any atom is -0.338 e. The lowest BCUT2D eigenvalue weighted by Gasteiger charge is -2.05. The van der Waals surface area contributed by atoms with Gasteiger partial charge in [0.1, 0.15) is 4.90 Å². The van der Waals surface area contributed by atoms with Crippen LogP contribution < -0.4 is 0 Å². The summed E-state index contributed by atoms with van der Waals surface area (Å²) in [7, 11) is -4.22. The fourth-order valence-electron chi connectivity index (χ4n) is 1.50. The van der Waals surface area contributed by atoms with E-state index in [0.717, 1.165) is 24.3 Å². The van der Waals surface area contributed by atoms with Crippen LogP contribution >= 0.6 is 0 Å². The minimum atomic E-state index is -4.22. The molecule has 2 rings (SSSR count). The van der Waals surface area contributed by atoms with E-state index in [-0.39, 0.29) is 16.1 Å². The second-order valence-corrected chi connectivity index (χ2v) is 5.49. The molecule has 0 aliphatic carbocycles. The lowest BCUT2D eigenvalue weighted by molar-refractivity contribution is -0.384. The third kappa shape index (κ3) is 3.42. The Hall–Kier alpha value is -2.74. The van der Waals surface area contributed by atoms with Gasteiger partial charge in [0.05, 0.1) is 10.5 Å². The summed E-state index contributed by atoms with van der Waals surface area (Å²) in [6, 6.07) is 11.6. The molecule has 7 nitrogen and oxygen atoms in total. The Bertz CT molecular complexity index is 768. The van der Waals surface area contributed by atoms with Crippen LogP contribution in [0.1, 0.15) is 10.4 Å². The number of hydrogen-bond acceptors (Lipinski definition) is 6. The van der Waals surface area contributed by atoms with Gasteiger partial charge in [-0.15, -0.1) is 0 Å². The molecule has 0 saturated carbocycles. The Labute approximate surface area is 120 Å². The van der Waals surface area contributed by atoms with E-state index in [9.17, 15) is 23.3 Å². The maximum atomic E-state index is 11.8. The molecule has 2 aromatic carbocycles. The third-order valence-electron chi connectivity index (χ3n) is 2.53. The van der Waals surface area contributed by atoms with Crippen LogP contribution in [-0.4, -0.2) is 19.3 Å². The standard InChI is InChI=1S/C13H9NO6S/c15-13(10-6-8-11(9-7-10)14(16)17)20-21(18,19)12-4-2-1-3-5-12/h1-9H. The van der Waals surface area contributed by atoms with E-state index in [1.54, 1.807) is 6.07 Å². The molecular weight excluding hydrogens is 298 g/mol. The lowest BCUT2D eigenvalue weighted by Crippen LogP contribution is -2.13. The van der Waals surface area contributed by atoms with E-state index in [0.29, 0.717) is 0 Å². The fraction of sp³-hybridized carbons (Fsp3) is 0. The maximum absolute atomic E-state index is 11.8. The quantitative estimate of drug-likeness (QED) is 0.487. The molecule has 0 saturated heterocycles. The van der Waals surface area contributed by atoms with Crippen molar-refractivity contribution in [3.63, 3.8) is 0 Å². The van der Waals surface area contributed by atoms with Crippen molar-refractivity contribution in [1.29, 1.82) is 0 Å². The monoisotopic (exact) mass is 307 g/mol. The number of benzene rings is 2. The molecule has 108 valence electrons. The van der Waals surface area contributed by atoms with Crippen molar-refractivity contribution in [2.75, 3.05) is 0 Å². The van der Waals surface area contributed by atoms with E-state index in [1.165, 1.54) is 24.3 Å².